The quantitative estimate of drug-likeness (QED) is 0.868. The molecule has 0 spiro atoms. The van der Waals surface area contributed by atoms with Gasteiger partial charge in [0.05, 0.1) is 24.8 Å². The van der Waals surface area contributed by atoms with Crippen LogP contribution in [-0.4, -0.2) is 39.2 Å². The van der Waals surface area contributed by atoms with Crippen LogP contribution in [0.15, 0.2) is 23.0 Å². The van der Waals surface area contributed by atoms with E-state index in [9.17, 15) is 9.90 Å². The molecule has 2 aromatic rings. The summed E-state index contributed by atoms with van der Waals surface area (Å²) in [5, 5.41) is 20.4. The molecule has 0 unspecified atom stereocenters. The summed E-state index contributed by atoms with van der Waals surface area (Å²) in [5.41, 5.74) is 1.74. The van der Waals surface area contributed by atoms with Gasteiger partial charge in [-0.25, -0.2) is 9.48 Å². The Bertz CT molecular complexity index is 585. The van der Waals surface area contributed by atoms with Crippen molar-refractivity contribution in [1.82, 2.24) is 20.3 Å². The normalized spacial score (nSPS) is 16.4. The second kappa shape index (κ2) is 5.46. The molecular formula is C13H16N4O3. The van der Waals surface area contributed by atoms with Crippen LogP contribution in [0.5, 0.6) is 0 Å². The smallest absolute Gasteiger partial charge is 0.358 e. The fourth-order valence-electron chi connectivity index (χ4n) is 2.64. The van der Waals surface area contributed by atoms with Crippen molar-refractivity contribution < 1.29 is 14.3 Å². The van der Waals surface area contributed by atoms with Gasteiger partial charge in [0, 0.05) is 11.5 Å². The number of hydrogen-bond acceptors (Lipinski definition) is 5. The van der Waals surface area contributed by atoms with E-state index in [4.69, 9.17) is 4.42 Å². The summed E-state index contributed by atoms with van der Waals surface area (Å²) >= 11 is 0. The highest BCUT2D eigenvalue weighted by Crippen LogP contribution is 2.27. The average Bonchev–Trinajstić information content (AvgIpc) is 3.09. The van der Waals surface area contributed by atoms with E-state index in [1.165, 1.54) is 0 Å². The molecule has 1 aliphatic rings. The van der Waals surface area contributed by atoms with E-state index in [0.29, 0.717) is 6.54 Å². The van der Waals surface area contributed by atoms with E-state index in [1.807, 2.05) is 6.07 Å². The zero-order valence-corrected chi connectivity index (χ0v) is 11.0. The summed E-state index contributed by atoms with van der Waals surface area (Å²) in [6, 6.07) is 1.84. The molecule has 2 N–H and O–H groups in total. The van der Waals surface area contributed by atoms with Gasteiger partial charge in [0.1, 0.15) is 0 Å². The zero-order valence-electron chi connectivity index (χ0n) is 11.0. The third kappa shape index (κ3) is 2.44. The van der Waals surface area contributed by atoms with Crippen LogP contribution < -0.4 is 5.32 Å². The predicted molar refractivity (Wildman–Crippen MR) is 69.6 cm³/mol. The highest BCUT2D eigenvalue weighted by atomic mass is 16.4. The summed E-state index contributed by atoms with van der Waals surface area (Å²) in [6.07, 6.45) is 5.03. The second-order valence-electron chi connectivity index (χ2n) is 4.94. The van der Waals surface area contributed by atoms with Gasteiger partial charge >= 0.3 is 5.97 Å². The Balaban J connectivity index is 1.94. The molecule has 0 saturated carbocycles. The molecule has 1 fully saturated rings. The molecule has 0 bridgehead atoms. The van der Waals surface area contributed by atoms with Crippen molar-refractivity contribution in [3.05, 3.63) is 35.5 Å². The van der Waals surface area contributed by atoms with E-state index in [-0.39, 0.29) is 11.6 Å². The van der Waals surface area contributed by atoms with Gasteiger partial charge in [0.25, 0.3) is 0 Å². The number of nitrogens with one attached hydrogen (secondary N) is 1. The van der Waals surface area contributed by atoms with Crippen molar-refractivity contribution in [2.45, 2.75) is 25.3 Å². The molecule has 3 rings (SSSR count). The first-order valence-corrected chi connectivity index (χ1v) is 6.64. The predicted octanol–water partition coefficient (Wildman–Crippen LogP) is 1.08. The summed E-state index contributed by atoms with van der Waals surface area (Å²) in [4.78, 5) is 11.3. The van der Waals surface area contributed by atoms with Gasteiger partial charge in [-0.05, 0) is 32.0 Å². The number of nitrogens with zero attached hydrogens (tertiary/aromatic N) is 3. The lowest BCUT2D eigenvalue weighted by atomic mass is 9.93. The van der Waals surface area contributed by atoms with Crippen molar-refractivity contribution >= 4 is 5.97 Å². The van der Waals surface area contributed by atoms with Crippen LogP contribution in [0.1, 0.15) is 40.5 Å². The molecular weight excluding hydrogens is 260 g/mol. The number of aromatic nitrogens is 3. The van der Waals surface area contributed by atoms with Gasteiger partial charge in [-0.2, -0.15) is 0 Å². The number of carbonyl (C=O) groups is 1. The van der Waals surface area contributed by atoms with Gasteiger partial charge in [-0.1, -0.05) is 5.21 Å². The standard InChI is InChI=1S/C13H16N4O3/c18-13(19)11-12(10-1-4-14-5-2-10)17(16-15-11)7-9-3-6-20-8-9/h3,6,8,10,14H,1-2,4-5,7H2,(H,18,19). The third-order valence-corrected chi connectivity index (χ3v) is 3.61. The average molecular weight is 276 g/mol. The molecule has 0 aromatic carbocycles. The number of aromatic carboxylic acids is 1. The molecule has 2 aromatic heterocycles. The molecule has 1 saturated heterocycles. The van der Waals surface area contributed by atoms with Crippen molar-refractivity contribution in [1.29, 1.82) is 0 Å². The SMILES string of the molecule is O=C(O)c1nnn(Cc2ccoc2)c1C1CCNCC1. The fourth-order valence-corrected chi connectivity index (χ4v) is 2.64. The Morgan fingerprint density at radius 3 is 2.95 bits per heavy atom. The molecule has 0 aliphatic carbocycles. The molecule has 7 nitrogen and oxygen atoms in total. The Morgan fingerprint density at radius 1 is 1.50 bits per heavy atom. The molecule has 3 heterocycles. The zero-order chi connectivity index (χ0) is 13.9. The minimum absolute atomic E-state index is 0.0698. The largest absolute Gasteiger partial charge is 0.476 e. The van der Waals surface area contributed by atoms with E-state index >= 15 is 0 Å². The summed E-state index contributed by atoms with van der Waals surface area (Å²) in [7, 11) is 0. The highest BCUT2D eigenvalue weighted by Gasteiger charge is 2.27. The van der Waals surface area contributed by atoms with Crippen LogP contribution in [-0.2, 0) is 6.54 Å². The number of carboxylic acids is 1. The first-order valence-electron chi connectivity index (χ1n) is 6.64. The van der Waals surface area contributed by atoms with Crippen LogP contribution in [0.25, 0.3) is 0 Å². The summed E-state index contributed by atoms with van der Waals surface area (Å²) in [6.45, 7) is 2.26. The summed E-state index contributed by atoms with van der Waals surface area (Å²) < 4.78 is 6.72. The lowest BCUT2D eigenvalue weighted by molar-refractivity contribution is 0.0688. The topological polar surface area (TPSA) is 93.2 Å². The van der Waals surface area contributed by atoms with Crippen LogP contribution in [0.3, 0.4) is 0 Å². The minimum Gasteiger partial charge on any atom is -0.476 e. The molecule has 0 radical (unpaired) electrons. The maximum absolute atomic E-state index is 11.3. The van der Waals surface area contributed by atoms with Crippen LogP contribution in [0.4, 0.5) is 0 Å². The minimum atomic E-state index is -1.02. The molecule has 106 valence electrons. The highest BCUT2D eigenvalue weighted by molar-refractivity contribution is 5.86. The first-order chi connectivity index (χ1) is 9.75. The monoisotopic (exact) mass is 276 g/mol. The van der Waals surface area contributed by atoms with Crippen molar-refractivity contribution in [2.24, 2.45) is 0 Å². The van der Waals surface area contributed by atoms with Crippen LogP contribution in [0.2, 0.25) is 0 Å². The van der Waals surface area contributed by atoms with Gasteiger partial charge in [-0.15, -0.1) is 5.10 Å². The lowest BCUT2D eigenvalue weighted by Gasteiger charge is -2.23. The van der Waals surface area contributed by atoms with E-state index in [2.05, 4.69) is 15.6 Å². The second-order valence-corrected chi connectivity index (χ2v) is 4.94. The number of rotatable bonds is 4. The maximum Gasteiger partial charge on any atom is 0.358 e. The third-order valence-electron chi connectivity index (χ3n) is 3.61. The summed E-state index contributed by atoms with van der Waals surface area (Å²) in [5.74, 6) is -0.832. The Morgan fingerprint density at radius 2 is 2.30 bits per heavy atom. The molecule has 7 heteroatoms. The van der Waals surface area contributed by atoms with E-state index in [0.717, 1.165) is 37.2 Å². The number of furan rings is 1. The van der Waals surface area contributed by atoms with E-state index in [1.54, 1.807) is 17.2 Å². The van der Waals surface area contributed by atoms with Crippen molar-refractivity contribution in [2.75, 3.05) is 13.1 Å². The van der Waals surface area contributed by atoms with Gasteiger partial charge in [0.15, 0.2) is 5.69 Å². The molecule has 0 atom stereocenters. The molecule has 0 amide bonds. The van der Waals surface area contributed by atoms with Gasteiger partial charge < -0.3 is 14.8 Å². The molecule has 20 heavy (non-hydrogen) atoms. The molecule has 1 aliphatic heterocycles. The Hall–Kier alpha value is -2.15. The Kier molecular flexibility index (Phi) is 3.51. The maximum atomic E-state index is 11.3. The van der Waals surface area contributed by atoms with Gasteiger partial charge in [0.2, 0.25) is 0 Å². The van der Waals surface area contributed by atoms with Crippen molar-refractivity contribution in [3.63, 3.8) is 0 Å². The lowest BCUT2D eigenvalue weighted by Crippen LogP contribution is -2.28. The number of hydrogen-bond donors (Lipinski definition) is 2. The van der Waals surface area contributed by atoms with Gasteiger partial charge in [-0.3, -0.25) is 0 Å². The van der Waals surface area contributed by atoms with Crippen LogP contribution in [0, 0.1) is 0 Å². The number of piperidine rings is 1. The van der Waals surface area contributed by atoms with Crippen LogP contribution >= 0.6 is 0 Å². The fraction of sp³-hybridized carbons (Fsp3) is 0.462. The Labute approximate surface area is 115 Å². The first kappa shape index (κ1) is 12.9. The van der Waals surface area contributed by atoms with E-state index < -0.39 is 5.97 Å². The number of carboxylic acid groups (broad SMARTS) is 1. The van der Waals surface area contributed by atoms with Crippen molar-refractivity contribution in [3.8, 4) is 0 Å².